The molecule has 0 bridgehead atoms. The first-order valence-electron chi connectivity index (χ1n) is 7.55. The number of aliphatic hydroxyl groups is 1. The maximum absolute atomic E-state index is 12.3. The van der Waals surface area contributed by atoms with Crippen LogP contribution in [0.15, 0.2) is 12.2 Å². The van der Waals surface area contributed by atoms with Crippen molar-refractivity contribution >= 4 is 5.91 Å². The Hall–Kier alpha value is -0.910. The summed E-state index contributed by atoms with van der Waals surface area (Å²) in [7, 11) is 0. The van der Waals surface area contributed by atoms with Crippen LogP contribution in [-0.2, 0) is 4.79 Å². The highest BCUT2D eigenvalue weighted by Crippen LogP contribution is 2.07. The second-order valence-corrected chi connectivity index (χ2v) is 5.62. The van der Waals surface area contributed by atoms with E-state index in [1.54, 1.807) is 0 Å². The molecule has 1 amide bonds. The maximum atomic E-state index is 12.3. The number of carbonyl (C=O) groups excluding carboxylic acids is 1. The highest BCUT2D eigenvalue weighted by molar-refractivity contribution is 5.78. The van der Waals surface area contributed by atoms with Gasteiger partial charge in [-0.15, -0.1) is 0 Å². The Labute approximate surface area is 122 Å². The van der Waals surface area contributed by atoms with Crippen LogP contribution in [0.25, 0.3) is 0 Å². The van der Waals surface area contributed by atoms with Crippen molar-refractivity contribution in [1.29, 1.82) is 0 Å². The summed E-state index contributed by atoms with van der Waals surface area (Å²) in [4.78, 5) is 16.2. The molecule has 1 atom stereocenters. The van der Waals surface area contributed by atoms with E-state index in [1.165, 1.54) is 6.42 Å². The van der Waals surface area contributed by atoms with Gasteiger partial charge >= 0.3 is 0 Å². The van der Waals surface area contributed by atoms with E-state index in [1.807, 2.05) is 23.6 Å². The minimum Gasteiger partial charge on any atom is -0.395 e. The first-order chi connectivity index (χ1) is 9.56. The van der Waals surface area contributed by atoms with Crippen molar-refractivity contribution < 1.29 is 9.90 Å². The van der Waals surface area contributed by atoms with Gasteiger partial charge in [0, 0.05) is 32.2 Å². The Morgan fingerprint density at radius 2 is 2.20 bits per heavy atom. The molecule has 0 spiro atoms. The summed E-state index contributed by atoms with van der Waals surface area (Å²) in [6.45, 7) is 12.0. The molecule has 116 valence electrons. The Morgan fingerprint density at radius 1 is 1.45 bits per heavy atom. The number of carbonyl (C=O) groups is 1. The van der Waals surface area contributed by atoms with Gasteiger partial charge in [0.25, 0.3) is 0 Å². The van der Waals surface area contributed by atoms with E-state index < -0.39 is 0 Å². The van der Waals surface area contributed by atoms with Gasteiger partial charge in [0.1, 0.15) is 0 Å². The lowest BCUT2D eigenvalue weighted by Gasteiger charge is -2.28. The molecule has 0 saturated carbocycles. The van der Waals surface area contributed by atoms with Crippen LogP contribution in [-0.4, -0.2) is 72.7 Å². The molecule has 5 heteroatoms. The number of nitrogens with zero attached hydrogens (tertiary/aromatic N) is 2. The zero-order valence-corrected chi connectivity index (χ0v) is 12.9. The summed E-state index contributed by atoms with van der Waals surface area (Å²) >= 11 is 0. The molecule has 2 N–H and O–H groups in total. The SMILES string of the molecule is C=C(C)CN(CC)C(=O)CN(CCO)CC1CCCN1. The minimum atomic E-state index is 0.0899. The van der Waals surface area contributed by atoms with Crippen LogP contribution in [0.1, 0.15) is 26.7 Å². The van der Waals surface area contributed by atoms with Crippen molar-refractivity contribution in [2.24, 2.45) is 0 Å². The fourth-order valence-corrected chi connectivity index (χ4v) is 2.59. The molecule has 0 aromatic heterocycles. The van der Waals surface area contributed by atoms with E-state index in [2.05, 4.69) is 11.9 Å². The highest BCUT2D eigenvalue weighted by atomic mass is 16.3. The number of aliphatic hydroxyl groups excluding tert-OH is 1. The maximum Gasteiger partial charge on any atom is 0.237 e. The topological polar surface area (TPSA) is 55.8 Å². The van der Waals surface area contributed by atoms with Gasteiger partial charge in [-0.3, -0.25) is 9.69 Å². The fraction of sp³-hybridized carbons (Fsp3) is 0.800. The average Bonchev–Trinajstić information content (AvgIpc) is 2.88. The summed E-state index contributed by atoms with van der Waals surface area (Å²) in [6, 6.07) is 0.450. The zero-order valence-electron chi connectivity index (χ0n) is 12.9. The van der Waals surface area contributed by atoms with Crippen molar-refractivity contribution in [1.82, 2.24) is 15.1 Å². The zero-order chi connectivity index (χ0) is 15.0. The monoisotopic (exact) mass is 283 g/mol. The molecule has 1 rings (SSSR count). The van der Waals surface area contributed by atoms with Crippen LogP contribution in [0.2, 0.25) is 0 Å². The van der Waals surface area contributed by atoms with E-state index in [0.717, 1.165) is 25.1 Å². The van der Waals surface area contributed by atoms with E-state index in [4.69, 9.17) is 5.11 Å². The van der Waals surface area contributed by atoms with Crippen molar-refractivity contribution in [3.63, 3.8) is 0 Å². The molecule has 0 aliphatic carbocycles. The molecule has 1 aliphatic rings. The number of hydrogen-bond donors (Lipinski definition) is 2. The van der Waals surface area contributed by atoms with Gasteiger partial charge in [-0.1, -0.05) is 12.2 Å². The van der Waals surface area contributed by atoms with Gasteiger partial charge in [0.15, 0.2) is 0 Å². The third-order valence-corrected chi connectivity index (χ3v) is 3.61. The minimum absolute atomic E-state index is 0.0899. The predicted octanol–water partition coefficient (Wildman–Crippen LogP) is 0.457. The molecular weight excluding hydrogens is 254 g/mol. The third kappa shape index (κ3) is 6.03. The van der Waals surface area contributed by atoms with Crippen molar-refractivity contribution in [2.75, 3.05) is 45.9 Å². The average molecular weight is 283 g/mol. The largest absolute Gasteiger partial charge is 0.395 e. The molecule has 20 heavy (non-hydrogen) atoms. The van der Waals surface area contributed by atoms with Crippen LogP contribution >= 0.6 is 0 Å². The Kier molecular flexibility index (Phi) is 7.80. The first kappa shape index (κ1) is 17.1. The Balaban J connectivity index is 2.49. The number of rotatable bonds is 9. The van der Waals surface area contributed by atoms with Gasteiger partial charge in [0.2, 0.25) is 5.91 Å². The van der Waals surface area contributed by atoms with Gasteiger partial charge in [-0.2, -0.15) is 0 Å². The quantitative estimate of drug-likeness (QED) is 0.604. The Bertz CT molecular complexity index is 314. The number of hydrogen-bond acceptors (Lipinski definition) is 4. The lowest BCUT2D eigenvalue weighted by molar-refractivity contribution is -0.132. The van der Waals surface area contributed by atoms with Gasteiger partial charge in [0.05, 0.1) is 13.2 Å². The first-order valence-corrected chi connectivity index (χ1v) is 7.55. The van der Waals surface area contributed by atoms with Gasteiger partial charge in [-0.05, 0) is 33.2 Å². The van der Waals surface area contributed by atoms with Crippen molar-refractivity contribution in [2.45, 2.75) is 32.7 Å². The molecular formula is C15H29N3O2. The van der Waals surface area contributed by atoms with Gasteiger partial charge in [-0.25, -0.2) is 0 Å². The van der Waals surface area contributed by atoms with Crippen molar-refractivity contribution in [3.05, 3.63) is 12.2 Å². The van der Waals surface area contributed by atoms with Crippen LogP contribution < -0.4 is 5.32 Å². The van der Waals surface area contributed by atoms with Crippen LogP contribution in [0.4, 0.5) is 0 Å². The standard InChI is InChI=1S/C15H29N3O2/c1-4-18(10-13(2)3)15(20)12-17(8-9-19)11-14-6-5-7-16-14/h14,16,19H,2,4-12H2,1,3H3. The van der Waals surface area contributed by atoms with E-state index in [0.29, 0.717) is 32.2 Å². The third-order valence-electron chi connectivity index (χ3n) is 3.61. The van der Waals surface area contributed by atoms with E-state index in [9.17, 15) is 4.79 Å². The van der Waals surface area contributed by atoms with Gasteiger partial charge < -0.3 is 15.3 Å². The Morgan fingerprint density at radius 3 is 2.70 bits per heavy atom. The molecule has 1 aliphatic heterocycles. The summed E-state index contributed by atoms with van der Waals surface area (Å²) < 4.78 is 0. The summed E-state index contributed by atoms with van der Waals surface area (Å²) in [5.74, 6) is 0.113. The molecule has 0 aromatic carbocycles. The molecule has 0 radical (unpaired) electrons. The lowest BCUT2D eigenvalue weighted by atomic mass is 10.2. The second-order valence-electron chi connectivity index (χ2n) is 5.62. The predicted molar refractivity (Wildman–Crippen MR) is 81.6 cm³/mol. The highest BCUT2D eigenvalue weighted by Gasteiger charge is 2.21. The lowest BCUT2D eigenvalue weighted by Crippen LogP contribution is -2.45. The van der Waals surface area contributed by atoms with Crippen LogP contribution in [0, 0.1) is 0 Å². The van der Waals surface area contributed by atoms with Crippen LogP contribution in [0.3, 0.4) is 0 Å². The smallest absolute Gasteiger partial charge is 0.237 e. The van der Waals surface area contributed by atoms with E-state index >= 15 is 0 Å². The molecule has 1 heterocycles. The van der Waals surface area contributed by atoms with Crippen molar-refractivity contribution in [3.8, 4) is 0 Å². The summed E-state index contributed by atoms with van der Waals surface area (Å²) in [6.07, 6.45) is 2.35. The molecule has 5 nitrogen and oxygen atoms in total. The van der Waals surface area contributed by atoms with Crippen LogP contribution in [0.5, 0.6) is 0 Å². The molecule has 1 fully saturated rings. The summed E-state index contributed by atoms with van der Waals surface area (Å²) in [5, 5.41) is 12.6. The second kappa shape index (κ2) is 9.10. The molecule has 1 unspecified atom stereocenters. The number of amides is 1. The molecule has 0 aromatic rings. The van der Waals surface area contributed by atoms with E-state index in [-0.39, 0.29) is 12.5 Å². The summed E-state index contributed by atoms with van der Waals surface area (Å²) in [5.41, 5.74) is 0.992. The normalized spacial score (nSPS) is 18.5. The fourth-order valence-electron chi connectivity index (χ4n) is 2.59. The number of nitrogens with one attached hydrogen (secondary N) is 1. The number of likely N-dealkylation sites (N-methyl/N-ethyl adjacent to an activating group) is 1. The molecule has 1 saturated heterocycles.